The smallest absolute Gasteiger partial charge is 0.196 e. The molecule has 2 aromatic heterocycles. The van der Waals surface area contributed by atoms with Crippen LogP contribution in [0.2, 0.25) is 0 Å². The molecule has 1 N–H and O–H groups in total. The second kappa shape index (κ2) is 10.9. The lowest BCUT2D eigenvalue weighted by molar-refractivity contribution is 0.101. The zero-order chi connectivity index (χ0) is 26.0. The highest BCUT2D eigenvalue weighted by Gasteiger charge is 2.32. The predicted molar refractivity (Wildman–Crippen MR) is 142 cm³/mol. The maximum atomic E-state index is 13.2. The number of sulfone groups is 1. The van der Waals surface area contributed by atoms with Crippen LogP contribution in [-0.4, -0.2) is 79.0 Å². The summed E-state index contributed by atoms with van der Waals surface area (Å²) in [6.07, 6.45) is 5.23. The number of methoxy groups -OCH3 is 1. The first-order valence-electron chi connectivity index (χ1n) is 13.0. The second-order valence-electron chi connectivity index (χ2n) is 10.1. The van der Waals surface area contributed by atoms with Gasteiger partial charge in [-0.1, -0.05) is 24.6 Å². The second-order valence-corrected chi connectivity index (χ2v) is 12.3. The van der Waals surface area contributed by atoms with Gasteiger partial charge in [0.15, 0.2) is 21.3 Å². The van der Waals surface area contributed by atoms with Gasteiger partial charge in [-0.05, 0) is 49.8 Å². The molecule has 198 valence electrons. The van der Waals surface area contributed by atoms with Gasteiger partial charge in [0.05, 0.1) is 34.8 Å². The number of para-hydroxylation sites is 1. The fraction of sp³-hybridized carbons (Fsp3) is 0.519. The SMILES string of the molecule is COCC1CCN(c2cc(C(=O)CS(=O)(=O)CCO)nc3c2c(C2CCC2)nn3-c2ccccc2)CC1. The minimum Gasteiger partial charge on any atom is -0.395 e. The Morgan fingerprint density at radius 2 is 1.86 bits per heavy atom. The molecule has 3 aromatic rings. The molecule has 2 fully saturated rings. The third kappa shape index (κ3) is 5.42. The normalized spacial score (nSPS) is 17.3. The Balaban J connectivity index is 1.65. The van der Waals surface area contributed by atoms with E-state index in [1.54, 1.807) is 17.9 Å². The summed E-state index contributed by atoms with van der Waals surface area (Å²) in [6.45, 7) is 1.83. The third-order valence-electron chi connectivity index (χ3n) is 7.53. The lowest BCUT2D eigenvalue weighted by Crippen LogP contribution is -2.35. The van der Waals surface area contributed by atoms with Crippen molar-refractivity contribution in [3.8, 4) is 5.69 Å². The zero-order valence-electron chi connectivity index (χ0n) is 21.2. The van der Waals surface area contributed by atoms with Crippen LogP contribution in [0.15, 0.2) is 36.4 Å². The van der Waals surface area contributed by atoms with Crippen molar-refractivity contribution in [3.05, 3.63) is 47.8 Å². The maximum Gasteiger partial charge on any atom is 0.196 e. The van der Waals surface area contributed by atoms with Crippen molar-refractivity contribution in [2.75, 3.05) is 49.8 Å². The van der Waals surface area contributed by atoms with Crippen LogP contribution in [0.5, 0.6) is 0 Å². The van der Waals surface area contributed by atoms with Crippen LogP contribution >= 0.6 is 0 Å². The van der Waals surface area contributed by atoms with Crippen molar-refractivity contribution in [3.63, 3.8) is 0 Å². The summed E-state index contributed by atoms with van der Waals surface area (Å²) in [7, 11) is -2.01. The van der Waals surface area contributed by atoms with Crippen LogP contribution in [0.3, 0.4) is 0 Å². The number of carbonyl (C=O) groups is 1. The Labute approximate surface area is 217 Å². The van der Waals surface area contributed by atoms with Gasteiger partial charge in [-0.25, -0.2) is 18.1 Å². The van der Waals surface area contributed by atoms with E-state index in [0.717, 1.165) is 74.3 Å². The fourth-order valence-corrected chi connectivity index (χ4v) is 6.26. The standard InChI is InChI=1S/C27H34N4O5S/c1-36-17-19-10-12-30(13-11-19)23-16-22(24(33)18-37(34,35)15-14-32)28-27-25(23)26(20-6-5-7-20)29-31(27)21-8-3-2-4-9-21/h2-4,8-9,16,19-20,32H,5-7,10-15,17-18H2,1H3. The van der Waals surface area contributed by atoms with Gasteiger partial charge >= 0.3 is 0 Å². The Bertz CT molecular complexity index is 1360. The largest absolute Gasteiger partial charge is 0.395 e. The molecular formula is C27H34N4O5S. The first-order chi connectivity index (χ1) is 17.9. The number of ether oxygens (including phenoxy) is 1. The maximum absolute atomic E-state index is 13.2. The van der Waals surface area contributed by atoms with E-state index >= 15 is 0 Å². The summed E-state index contributed by atoms with van der Waals surface area (Å²) in [5, 5.41) is 15.1. The van der Waals surface area contributed by atoms with Crippen LogP contribution in [-0.2, 0) is 14.6 Å². The van der Waals surface area contributed by atoms with Crippen molar-refractivity contribution in [1.29, 1.82) is 0 Å². The topological polar surface area (TPSA) is 115 Å². The van der Waals surface area contributed by atoms with Gasteiger partial charge < -0.3 is 14.7 Å². The summed E-state index contributed by atoms with van der Waals surface area (Å²) in [5.74, 6) is -0.880. The number of fused-ring (bicyclic) bond motifs is 1. The van der Waals surface area contributed by atoms with Gasteiger partial charge in [0.25, 0.3) is 0 Å². The summed E-state index contributed by atoms with van der Waals surface area (Å²) in [6, 6.07) is 11.5. The number of anilines is 1. The molecule has 3 heterocycles. The van der Waals surface area contributed by atoms with E-state index in [2.05, 4.69) is 4.90 Å². The number of aromatic nitrogens is 3. The number of hydrogen-bond donors (Lipinski definition) is 1. The number of piperidine rings is 1. The summed E-state index contributed by atoms with van der Waals surface area (Å²) < 4.78 is 31.9. The summed E-state index contributed by atoms with van der Waals surface area (Å²) in [5.41, 5.74) is 3.42. The van der Waals surface area contributed by atoms with Crippen molar-refractivity contribution in [1.82, 2.24) is 14.8 Å². The molecule has 0 spiro atoms. The van der Waals surface area contributed by atoms with Gasteiger partial charge in [-0.3, -0.25) is 4.79 Å². The lowest BCUT2D eigenvalue weighted by atomic mass is 9.81. The molecule has 0 atom stereocenters. The van der Waals surface area contributed by atoms with Gasteiger partial charge in [-0.2, -0.15) is 5.10 Å². The first kappa shape index (κ1) is 25.8. The number of aliphatic hydroxyl groups excluding tert-OH is 1. The van der Waals surface area contributed by atoms with Crippen LogP contribution in [0.25, 0.3) is 16.7 Å². The molecule has 0 unspecified atom stereocenters. The molecule has 37 heavy (non-hydrogen) atoms. The number of carbonyl (C=O) groups excluding carboxylic acids is 1. The Hall–Kier alpha value is -2.82. The molecule has 5 rings (SSSR count). The lowest BCUT2D eigenvalue weighted by Gasteiger charge is -2.34. The minimum atomic E-state index is -3.74. The van der Waals surface area contributed by atoms with E-state index < -0.39 is 33.7 Å². The van der Waals surface area contributed by atoms with Crippen molar-refractivity contribution in [2.24, 2.45) is 5.92 Å². The molecule has 1 aliphatic carbocycles. The van der Waals surface area contributed by atoms with Crippen molar-refractivity contribution in [2.45, 2.75) is 38.0 Å². The number of hydrogen-bond acceptors (Lipinski definition) is 8. The molecule has 10 heteroatoms. The van der Waals surface area contributed by atoms with Crippen LogP contribution in [0.1, 0.15) is 54.2 Å². The summed E-state index contributed by atoms with van der Waals surface area (Å²) in [4.78, 5) is 20.2. The molecule has 1 saturated heterocycles. The number of Topliss-reactive ketones (excluding diaryl/α,β-unsaturated/α-hetero) is 1. The molecule has 9 nitrogen and oxygen atoms in total. The molecule has 0 radical (unpaired) electrons. The quantitative estimate of drug-likeness (QED) is 0.401. The molecule has 0 bridgehead atoms. The van der Waals surface area contributed by atoms with E-state index in [-0.39, 0.29) is 5.69 Å². The first-order valence-corrected chi connectivity index (χ1v) is 14.8. The number of ketones is 1. The molecule has 1 aliphatic heterocycles. The van der Waals surface area contributed by atoms with E-state index in [9.17, 15) is 13.2 Å². The monoisotopic (exact) mass is 526 g/mol. The van der Waals surface area contributed by atoms with Crippen molar-refractivity contribution >= 4 is 32.3 Å². The van der Waals surface area contributed by atoms with Crippen LogP contribution in [0, 0.1) is 5.92 Å². The van der Waals surface area contributed by atoms with Crippen LogP contribution < -0.4 is 4.90 Å². The number of aliphatic hydroxyl groups is 1. The zero-order valence-corrected chi connectivity index (χ0v) is 22.0. The van der Waals surface area contributed by atoms with Gasteiger partial charge in [0.2, 0.25) is 0 Å². The van der Waals surface area contributed by atoms with E-state index in [4.69, 9.17) is 19.9 Å². The minimum absolute atomic E-state index is 0.111. The Kier molecular flexibility index (Phi) is 7.60. The van der Waals surface area contributed by atoms with E-state index in [1.165, 1.54) is 0 Å². The van der Waals surface area contributed by atoms with E-state index in [0.29, 0.717) is 17.5 Å². The fourth-order valence-electron chi connectivity index (χ4n) is 5.29. The number of rotatable bonds is 10. The Morgan fingerprint density at radius 1 is 1.14 bits per heavy atom. The average molecular weight is 527 g/mol. The average Bonchev–Trinajstić information content (AvgIpc) is 3.22. The summed E-state index contributed by atoms with van der Waals surface area (Å²) >= 11 is 0. The number of nitrogens with zero attached hydrogens (tertiary/aromatic N) is 4. The number of benzene rings is 1. The highest BCUT2D eigenvalue weighted by atomic mass is 32.2. The molecule has 1 saturated carbocycles. The van der Waals surface area contributed by atoms with Gasteiger partial charge in [0.1, 0.15) is 11.4 Å². The van der Waals surface area contributed by atoms with Gasteiger partial charge in [-0.15, -0.1) is 0 Å². The molecule has 1 aromatic carbocycles. The highest BCUT2D eigenvalue weighted by molar-refractivity contribution is 7.92. The number of pyridine rings is 1. The highest BCUT2D eigenvalue weighted by Crippen LogP contribution is 2.43. The molecular weight excluding hydrogens is 492 g/mol. The van der Waals surface area contributed by atoms with Crippen LogP contribution in [0.4, 0.5) is 5.69 Å². The molecule has 0 amide bonds. The third-order valence-corrected chi connectivity index (χ3v) is 9.04. The molecule has 2 aliphatic rings. The Morgan fingerprint density at radius 3 is 2.49 bits per heavy atom. The predicted octanol–water partition coefficient (Wildman–Crippen LogP) is 3.14. The van der Waals surface area contributed by atoms with Gasteiger partial charge in [0, 0.05) is 32.7 Å². The van der Waals surface area contributed by atoms with Crippen molar-refractivity contribution < 1.29 is 23.1 Å². The van der Waals surface area contributed by atoms with E-state index in [1.807, 2.05) is 30.3 Å².